The highest BCUT2D eigenvalue weighted by Crippen LogP contribution is 2.34. The van der Waals surface area contributed by atoms with Crippen molar-refractivity contribution in [3.05, 3.63) is 114 Å². The fraction of sp³-hybridized carbons (Fsp3) is 0.0370. The average Bonchev–Trinajstić information content (AvgIpc) is 2.87. The predicted octanol–water partition coefficient (Wildman–Crippen LogP) is 7.24. The van der Waals surface area contributed by atoms with E-state index in [1.807, 2.05) is 36.4 Å². The standard InChI is InChI=1S/C27H17BrIN3O4/c28-24-12-17(11-20(15-30)27(33)31-21-8-4-9-22(14-21)32(34)35)13-25(29)26(24)36-16-19-7-3-6-18-5-1-2-10-23(18)19/h1-14H,16H2,(H,31,33)/b20-11+. The zero-order valence-corrected chi connectivity index (χ0v) is 22.3. The summed E-state index contributed by atoms with van der Waals surface area (Å²) in [6.07, 6.45) is 1.45. The number of rotatable bonds is 7. The molecule has 0 saturated heterocycles. The summed E-state index contributed by atoms with van der Waals surface area (Å²) < 4.78 is 7.60. The molecule has 0 heterocycles. The molecule has 0 aliphatic rings. The lowest BCUT2D eigenvalue weighted by atomic mass is 10.1. The summed E-state index contributed by atoms with van der Waals surface area (Å²) in [6, 6.07) is 25.2. The second kappa shape index (κ2) is 11.3. The van der Waals surface area contributed by atoms with Crippen molar-refractivity contribution < 1.29 is 14.5 Å². The number of fused-ring (bicyclic) bond motifs is 1. The van der Waals surface area contributed by atoms with Crippen molar-refractivity contribution >= 4 is 72.7 Å². The zero-order chi connectivity index (χ0) is 25.7. The van der Waals surface area contributed by atoms with E-state index in [0.29, 0.717) is 22.4 Å². The van der Waals surface area contributed by atoms with Gasteiger partial charge in [0.25, 0.3) is 11.6 Å². The first-order valence-electron chi connectivity index (χ1n) is 10.6. The van der Waals surface area contributed by atoms with Gasteiger partial charge in [-0.05, 0) is 84.7 Å². The molecule has 0 fully saturated rings. The molecular formula is C27H17BrIN3O4. The number of ether oxygens (including phenoxy) is 1. The van der Waals surface area contributed by atoms with Crippen LogP contribution in [0.15, 0.2) is 88.9 Å². The van der Waals surface area contributed by atoms with E-state index in [9.17, 15) is 20.2 Å². The van der Waals surface area contributed by atoms with E-state index in [-0.39, 0.29) is 16.9 Å². The van der Waals surface area contributed by atoms with E-state index < -0.39 is 10.8 Å². The number of amides is 1. The number of nitro benzene ring substituents is 1. The smallest absolute Gasteiger partial charge is 0.271 e. The van der Waals surface area contributed by atoms with Gasteiger partial charge in [-0.25, -0.2) is 0 Å². The summed E-state index contributed by atoms with van der Waals surface area (Å²) in [5.41, 5.74) is 1.60. The Morgan fingerprint density at radius 1 is 1.11 bits per heavy atom. The van der Waals surface area contributed by atoms with Crippen LogP contribution < -0.4 is 10.1 Å². The van der Waals surface area contributed by atoms with Crippen LogP contribution in [-0.2, 0) is 11.4 Å². The van der Waals surface area contributed by atoms with Crippen molar-refractivity contribution in [2.75, 3.05) is 5.32 Å². The van der Waals surface area contributed by atoms with E-state index in [1.165, 1.54) is 30.3 Å². The van der Waals surface area contributed by atoms with Crippen LogP contribution in [0.1, 0.15) is 11.1 Å². The number of nitro groups is 1. The zero-order valence-electron chi connectivity index (χ0n) is 18.6. The van der Waals surface area contributed by atoms with Crippen molar-refractivity contribution in [2.24, 2.45) is 0 Å². The molecule has 0 bridgehead atoms. The third-order valence-corrected chi connectivity index (χ3v) is 6.65. The maximum absolute atomic E-state index is 12.6. The highest BCUT2D eigenvalue weighted by molar-refractivity contribution is 14.1. The molecule has 0 spiro atoms. The van der Waals surface area contributed by atoms with Crippen LogP contribution in [0.4, 0.5) is 11.4 Å². The molecule has 0 aliphatic heterocycles. The van der Waals surface area contributed by atoms with Crippen molar-refractivity contribution in [1.82, 2.24) is 0 Å². The first-order valence-corrected chi connectivity index (χ1v) is 12.5. The average molecular weight is 654 g/mol. The Kier molecular flexibility index (Phi) is 7.97. The van der Waals surface area contributed by atoms with Crippen molar-refractivity contribution in [3.8, 4) is 11.8 Å². The van der Waals surface area contributed by atoms with Gasteiger partial charge in [-0.15, -0.1) is 0 Å². The lowest BCUT2D eigenvalue weighted by Gasteiger charge is -2.13. The van der Waals surface area contributed by atoms with Gasteiger partial charge in [0.2, 0.25) is 0 Å². The van der Waals surface area contributed by atoms with E-state index in [2.05, 4.69) is 62.0 Å². The Hall–Kier alpha value is -3.75. The molecule has 0 radical (unpaired) electrons. The number of anilines is 1. The number of benzene rings is 4. The molecule has 36 heavy (non-hydrogen) atoms. The fourth-order valence-corrected chi connectivity index (χ4v) is 5.35. The quantitative estimate of drug-likeness (QED) is 0.0744. The fourth-order valence-electron chi connectivity index (χ4n) is 3.58. The number of hydrogen-bond donors (Lipinski definition) is 1. The van der Waals surface area contributed by atoms with Crippen LogP contribution >= 0.6 is 38.5 Å². The van der Waals surface area contributed by atoms with Gasteiger partial charge >= 0.3 is 0 Å². The number of nitrogens with zero attached hydrogens (tertiary/aromatic N) is 2. The van der Waals surface area contributed by atoms with Crippen LogP contribution in [-0.4, -0.2) is 10.8 Å². The molecule has 0 atom stereocenters. The van der Waals surface area contributed by atoms with Crippen molar-refractivity contribution in [3.63, 3.8) is 0 Å². The van der Waals surface area contributed by atoms with E-state index in [4.69, 9.17) is 4.74 Å². The monoisotopic (exact) mass is 653 g/mol. The Balaban J connectivity index is 1.53. The lowest BCUT2D eigenvalue weighted by molar-refractivity contribution is -0.384. The molecule has 9 heteroatoms. The molecule has 1 N–H and O–H groups in total. The number of halogens is 2. The molecule has 4 aromatic rings. The summed E-state index contributed by atoms with van der Waals surface area (Å²) >= 11 is 5.68. The minimum atomic E-state index is -0.666. The Morgan fingerprint density at radius 3 is 2.61 bits per heavy atom. The molecule has 178 valence electrons. The van der Waals surface area contributed by atoms with Crippen LogP contribution in [0.5, 0.6) is 5.75 Å². The van der Waals surface area contributed by atoms with Gasteiger partial charge < -0.3 is 10.1 Å². The predicted molar refractivity (Wildman–Crippen MR) is 150 cm³/mol. The molecule has 4 rings (SSSR count). The van der Waals surface area contributed by atoms with Crippen LogP contribution in [0.25, 0.3) is 16.8 Å². The maximum Gasteiger partial charge on any atom is 0.271 e. The number of nitriles is 1. The third-order valence-electron chi connectivity index (χ3n) is 5.26. The van der Waals surface area contributed by atoms with Gasteiger partial charge in [0.05, 0.1) is 13.0 Å². The molecule has 0 aromatic heterocycles. The van der Waals surface area contributed by atoms with E-state index >= 15 is 0 Å². The minimum Gasteiger partial charge on any atom is -0.487 e. The molecule has 1 amide bonds. The molecular weight excluding hydrogens is 637 g/mol. The van der Waals surface area contributed by atoms with Crippen molar-refractivity contribution in [1.29, 1.82) is 5.26 Å². The second-order valence-corrected chi connectivity index (χ2v) is 9.69. The molecule has 0 unspecified atom stereocenters. The van der Waals surface area contributed by atoms with Crippen molar-refractivity contribution in [2.45, 2.75) is 6.61 Å². The SMILES string of the molecule is N#C/C(=C\c1cc(Br)c(OCc2cccc3ccccc23)c(I)c1)C(=O)Nc1cccc([N+](=O)[O-])c1. The Labute approximate surface area is 228 Å². The Morgan fingerprint density at radius 2 is 1.86 bits per heavy atom. The normalized spacial score (nSPS) is 11.1. The Bertz CT molecular complexity index is 1530. The summed E-state index contributed by atoms with van der Waals surface area (Å²) in [6.45, 7) is 0.375. The molecule has 0 saturated carbocycles. The first-order chi connectivity index (χ1) is 17.4. The summed E-state index contributed by atoms with van der Waals surface area (Å²) in [4.78, 5) is 23.0. The van der Waals surface area contributed by atoms with Crippen LogP contribution in [0, 0.1) is 25.0 Å². The molecule has 7 nitrogen and oxygen atoms in total. The number of carbonyl (C=O) groups excluding carboxylic acids is 1. The van der Waals surface area contributed by atoms with Crippen LogP contribution in [0.2, 0.25) is 0 Å². The number of hydrogen-bond acceptors (Lipinski definition) is 5. The second-order valence-electron chi connectivity index (χ2n) is 7.67. The highest BCUT2D eigenvalue weighted by Gasteiger charge is 2.14. The number of nitrogens with one attached hydrogen (secondary N) is 1. The van der Waals surface area contributed by atoms with Gasteiger partial charge in [-0.2, -0.15) is 5.26 Å². The van der Waals surface area contributed by atoms with E-state index in [1.54, 1.807) is 6.07 Å². The lowest BCUT2D eigenvalue weighted by Crippen LogP contribution is -2.13. The third kappa shape index (κ3) is 5.90. The van der Waals surface area contributed by atoms with Gasteiger partial charge in [-0.3, -0.25) is 14.9 Å². The summed E-state index contributed by atoms with van der Waals surface area (Å²) in [5.74, 6) is -0.0133. The molecule has 0 aliphatic carbocycles. The van der Waals surface area contributed by atoms with Gasteiger partial charge in [0.1, 0.15) is 24.0 Å². The van der Waals surface area contributed by atoms with Gasteiger partial charge in [0, 0.05) is 17.8 Å². The molecule has 4 aromatic carbocycles. The number of non-ortho nitro benzene ring substituents is 1. The largest absolute Gasteiger partial charge is 0.487 e. The topological polar surface area (TPSA) is 105 Å². The number of carbonyl (C=O) groups is 1. The van der Waals surface area contributed by atoms with Gasteiger partial charge in [0.15, 0.2) is 0 Å². The minimum absolute atomic E-state index is 0.145. The summed E-state index contributed by atoms with van der Waals surface area (Å²) in [7, 11) is 0. The highest BCUT2D eigenvalue weighted by atomic mass is 127. The maximum atomic E-state index is 12.6. The summed E-state index contributed by atoms with van der Waals surface area (Å²) in [5, 5.41) is 25.3. The van der Waals surface area contributed by atoms with E-state index in [0.717, 1.165) is 19.9 Å². The first kappa shape index (κ1) is 25.3. The van der Waals surface area contributed by atoms with Gasteiger partial charge in [-0.1, -0.05) is 48.5 Å². The van der Waals surface area contributed by atoms with Crippen LogP contribution in [0.3, 0.4) is 0 Å².